The maximum Gasteiger partial charge on any atom is 0.277 e. The lowest BCUT2D eigenvalue weighted by Crippen LogP contribution is -2.16. The van der Waals surface area contributed by atoms with Gasteiger partial charge in [-0.15, -0.1) is 5.10 Å². The van der Waals surface area contributed by atoms with Crippen LogP contribution in [0.2, 0.25) is 0 Å². The van der Waals surface area contributed by atoms with Crippen molar-refractivity contribution in [3.05, 3.63) is 54.1 Å². The Kier molecular flexibility index (Phi) is 4.63. The molecule has 0 aliphatic rings. The summed E-state index contributed by atoms with van der Waals surface area (Å²) >= 11 is 0. The summed E-state index contributed by atoms with van der Waals surface area (Å²) in [7, 11) is -2.19. The first-order valence-corrected chi connectivity index (χ1v) is 8.92. The number of hydrogen-bond donors (Lipinski definition) is 2. The number of sulfonamides is 1. The molecule has 0 saturated carbocycles. The number of aryl methyl sites for hydroxylation is 2. The average Bonchev–Trinajstić information content (AvgIpc) is 3.01. The van der Waals surface area contributed by atoms with E-state index in [1.165, 1.54) is 41.3 Å². The third-order valence-corrected chi connectivity index (χ3v) is 4.62. The molecule has 0 saturated heterocycles. The zero-order valence-electron chi connectivity index (χ0n) is 13.9. The molecule has 3 rings (SSSR count). The molecule has 10 nitrogen and oxygen atoms in total. The molecule has 0 fully saturated rings. The molecular formula is C15H15N7O3S. The summed E-state index contributed by atoms with van der Waals surface area (Å²) in [4.78, 5) is 19.9. The van der Waals surface area contributed by atoms with Crippen LogP contribution in [0.4, 0.5) is 11.6 Å². The predicted octanol–water partition coefficient (Wildman–Crippen LogP) is 0.967. The Morgan fingerprint density at radius 1 is 1.15 bits per heavy atom. The highest BCUT2D eigenvalue weighted by Gasteiger charge is 2.16. The van der Waals surface area contributed by atoms with Crippen LogP contribution in [0.5, 0.6) is 0 Å². The second kappa shape index (κ2) is 6.88. The fourth-order valence-corrected chi connectivity index (χ4v) is 2.99. The Hall–Kier alpha value is -3.34. The zero-order chi connectivity index (χ0) is 18.7. The van der Waals surface area contributed by atoms with Gasteiger partial charge in [0.2, 0.25) is 5.95 Å². The number of benzene rings is 1. The van der Waals surface area contributed by atoms with E-state index < -0.39 is 15.9 Å². The minimum absolute atomic E-state index is 0.00923. The third kappa shape index (κ3) is 4.00. The lowest BCUT2D eigenvalue weighted by molar-refractivity contribution is 0.102. The summed E-state index contributed by atoms with van der Waals surface area (Å²) in [6.07, 6.45) is 2.94. The maximum absolute atomic E-state index is 12.4. The van der Waals surface area contributed by atoms with Crippen LogP contribution < -0.4 is 10.0 Å². The number of nitrogens with zero attached hydrogens (tertiary/aromatic N) is 5. The molecule has 0 radical (unpaired) electrons. The third-order valence-electron chi connectivity index (χ3n) is 3.28. The first kappa shape index (κ1) is 17.5. The first-order valence-electron chi connectivity index (χ1n) is 7.44. The van der Waals surface area contributed by atoms with Crippen LogP contribution in [-0.4, -0.2) is 39.3 Å². The van der Waals surface area contributed by atoms with E-state index in [4.69, 9.17) is 0 Å². The number of aromatic nitrogens is 5. The van der Waals surface area contributed by atoms with Gasteiger partial charge in [-0.1, -0.05) is 5.21 Å². The molecule has 0 aliphatic heterocycles. The van der Waals surface area contributed by atoms with E-state index in [1.807, 2.05) is 0 Å². The van der Waals surface area contributed by atoms with Gasteiger partial charge in [-0.2, -0.15) is 0 Å². The number of amides is 1. The van der Waals surface area contributed by atoms with Crippen LogP contribution in [0, 0.1) is 6.92 Å². The largest absolute Gasteiger partial charge is 0.321 e. The number of carbonyl (C=O) groups excluding carboxylic acids is 1. The molecule has 1 aromatic carbocycles. The normalized spacial score (nSPS) is 11.2. The van der Waals surface area contributed by atoms with Crippen LogP contribution in [-0.2, 0) is 17.1 Å². The van der Waals surface area contributed by atoms with Gasteiger partial charge in [0.05, 0.1) is 11.1 Å². The second-order valence-corrected chi connectivity index (χ2v) is 7.07. The number of rotatable bonds is 5. The van der Waals surface area contributed by atoms with Gasteiger partial charge in [-0.3, -0.25) is 9.48 Å². The number of anilines is 2. The van der Waals surface area contributed by atoms with Gasteiger partial charge in [0, 0.05) is 24.6 Å². The van der Waals surface area contributed by atoms with Crippen LogP contribution in [0.25, 0.3) is 0 Å². The quantitative estimate of drug-likeness (QED) is 0.681. The van der Waals surface area contributed by atoms with Crippen molar-refractivity contribution in [2.75, 3.05) is 10.0 Å². The monoisotopic (exact) mass is 373 g/mol. The molecule has 2 heterocycles. The van der Waals surface area contributed by atoms with Crippen molar-refractivity contribution in [2.45, 2.75) is 11.8 Å². The number of hydrogen-bond acceptors (Lipinski definition) is 7. The molecule has 2 N–H and O–H groups in total. The summed E-state index contributed by atoms with van der Waals surface area (Å²) in [6, 6.07) is 7.33. The van der Waals surface area contributed by atoms with E-state index in [9.17, 15) is 13.2 Å². The standard InChI is InChI=1S/C15H15N7O3S/c1-10-7-8-16-15(17-10)20-26(24,25)12-5-3-11(4-6-12)18-14(23)13-9-22(2)21-19-13/h3-9H,1-2H3,(H,18,23)(H,16,17,20). The summed E-state index contributed by atoms with van der Waals surface area (Å²) in [5.74, 6) is -0.454. The summed E-state index contributed by atoms with van der Waals surface area (Å²) < 4.78 is 28.5. The molecule has 0 unspecified atom stereocenters. The SMILES string of the molecule is Cc1ccnc(NS(=O)(=O)c2ccc(NC(=O)c3cn(C)nn3)cc2)n1. The Morgan fingerprint density at radius 2 is 1.88 bits per heavy atom. The Balaban J connectivity index is 1.73. The van der Waals surface area contributed by atoms with E-state index in [0.717, 1.165) is 0 Å². The van der Waals surface area contributed by atoms with E-state index in [1.54, 1.807) is 20.0 Å². The van der Waals surface area contributed by atoms with Crippen molar-refractivity contribution >= 4 is 27.6 Å². The summed E-state index contributed by atoms with van der Waals surface area (Å²) in [5, 5.41) is 9.99. The van der Waals surface area contributed by atoms with E-state index in [-0.39, 0.29) is 16.5 Å². The Morgan fingerprint density at radius 3 is 2.50 bits per heavy atom. The average molecular weight is 373 g/mol. The van der Waals surface area contributed by atoms with Crippen LogP contribution in [0.15, 0.2) is 47.6 Å². The Labute approximate surface area is 149 Å². The minimum Gasteiger partial charge on any atom is -0.321 e. The van der Waals surface area contributed by atoms with Crippen molar-refractivity contribution in [2.24, 2.45) is 7.05 Å². The number of carbonyl (C=O) groups is 1. The van der Waals surface area contributed by atoms with Crippen LogP contribution in [0.3, 0.4) is 0 Å². The van der Waals surface area contributed by atoms with Gasteiger partial charge in [-0.05, 0) is 37.3 Å². The molecule has 26 heavy (non-hydrogen) atoms. The van der Waals surface area contributed by atoms with Crippen molar-refractivity contribution in [3.8, 4) is 0 Å². The predicted molar refractivity (Wildman–Crippen MR) is 93.0 cm³/mol. The van der Waals surface area contributed by atoms with Gasteiger partial charge in [-0.25, -0.2) is 23.1 Å². The second-order valence-electron chi connectivity index (χ2n) is 5.38. The van der Waals surface area contributed by atoms with Gasteiger partial charge in [0.15, 0.2) is 5.69 Å². The number of nitrogens with one attached hydrogen (secondary N) is 2. The van der Waals surface area contributed by atoms with E-state index in [2.05, 4.69) is 30.3 Å². The molecule has 2 aromatic heterocycles. The smallest absolute Gasteiger partial charge is 0.277 e. The molecule has 1 amide bonds. The van der Waals surface area contributed by atoms with Crippen molar-refractivity contribution in [1.82, 2.24) is 25.0 Å². The van der Waals surface area contributed by atoms with Crippen molar-refractivity contribution in [3.63, 3.8) is 0 Å². The Bertz CT molecular complexity index is 1050. The molecular weight excluding hydrogens is 358 g/mol. The minimum atomic E-state index is -3.84. The van der Waals surface area contributed by atoms with Crippen molar-refractivity contribution in [1.29, 1.82) is 0 Å². The van der Waals surface area contributed by atoms with Crippen molar-refractivity contribution < 1.29 is 13.2 Å². The summed E-state index contributed by atoms with van der Waals surface area (Å²) in [6.45, 7) is 1.73. The lowest BCUT2D eigenvalue weighted by atomic mass is 10.3. The zero-order valence-corrected chi connectivity index (χ0v) is 14.7. The fourth-order valence-electron chi connectivity index (χ4n) is 2.04. The molecule has 0 atom stereocenters. The molecule has 11 heteroatoms. The molecule has 0 aliphatic carbocycles. The lowest BCUT2D eigenvalue weighted by Gasteiger charge is -2.08. The maximum atomic E-state index is 12.4. The van der Waals surface area contributed by atoms with Gasteiger partial charge >= 0.3 is 0 Å². The highest BCUT2D eigenvalue weighted by Crippen LogP contribution is 2.17. The van der Waals surface area contributed by atoms with Gasteiger partial charge in [0.1, 0.15) is 0 Å². The van der Waals surface area contributed by atoms with Crippen LogP contribution >= 0.6 is 0 Å². The van der Waals surface area contributed by atoms with Gasteiger partial charge < -0.3 is 5.32 Å². The van der Waals surface area contributed by atoms with E-state index in [0.29, 0.717) is 11.4 Å². The van der Waals surface area contributed by atoms with E-state index >= 15 is 0 Å². The summed E-state index contributed by atoms with van der Waals surface area (Å²) in [5.41, 5.74) is 1.22. The highest BCUT2D eigenvalue weighted by atomic mass is 32.2. The topological polar surface area (TPSA) is 132 Å². The fraction of sp³-hybridized carbons (Fsp3) is 0.133. The first-order chi connectivity index (χ1) is 12.3. The molecule has 3 aromatic rings. The van der Waals surface area contributed by atoms with Gasteiger partial charge in [0.25, 0.3) is 15.9 Å². The molecule has 134 valence electrons. The van der Waals surface area contributed by atoms with Crippen LogP contribution in [0.1, 0.15) is 16.2 Å². The highest BCUT2D eigenvalue weighted by molar-refractivity contribution is 7.92. The molecule has 0 spiro atoms. The molecule has 0 bridgehead atoms.